The van der Waals surface area contributed by atoms with E-state index in [1.54, 1.807) is 18.2 Å². The average molecular weight is 472 g/mol. The Morgan fingerprint density at radius 3 is 2.46 bits per heavy atom. The molecule has 178 valence electrons. The molecule has 0 radical (unpaired) electrons. The van der Waals surface area contributed by atoms with Crippen LogP contribution in [0.25, 0.3) is 0 Å². The molecule has 2 heterocycles. The van der Waals surface area contributed by atoms with Gasteiger partial charge in [-0.2, -0.15) is 0 Å². The van der Waals surface area contributed by atoms with Gasteiger partial charge in [0.2, 0.25) is 5.91 Å². The van der Waals surface area contributed by atoms with Gasteiger partial charge in [0.05, 0.1) is 11.4 Å². The molecule has 0 aliphatic carbocycles. The highest BCUT2D eigenvalue weighted by atomic mass is 19.1. The fraction of sp³-hybridized carbons (Fsp3) is 0.214. The summed E-state index contributed by atoms with van der Waals surface area (Å²) < 4.78 is 24.9. The lowest BCUT2D eigenvalue weighted by Crippen LogP contribution is -2.22. The van der Waals surface area contributed by atoms with Crippen molar-refractivity contribution >= 4 is 23.0 Å². The number of fused-ring (bicyclic) bond motifs is 2. The van der Waals surface area contributed by atoms with E-state index in [2.05, 4.69) is 36.2 Å². The third kappa shape index (κ3) is 4.68. The van der Waals surface area contributed by atoms with Crippen molar-refractivity contribution < 1.29 is 18.7 Å². The molecular weight excluding hydrogens is 445 g/mol. The minimum absolute atomic E-state index is 0.253. The number of ether oxygens (including phenoxy) is 2. The highest BCUT2D eigenvalue weighted by molar-refractivity contribution is 6.24. The van der Waals surface area contributed by atoms with E-state index in [-0.39, 0.29) is 5.91 Å². The van der Waals surface area contributed by atoms with E-state index < -0.39 is 11.7 Å². The Bertz CT molecular complexity index is 1310. The van der Waals surface area contributed by atoms with Gasteiger partial charge in [0.1, 0.15) is 24.3 Å². The molecule has 1 unspecified atom stereocenters. The number of carbonyl (C=O) groups excluding carboxylic acids is 1. The SMILES string of the molecule is CCN(CC)Cc1ccc(N=C(c2ccc3c(c2)OC=CO3)C2C(=O)Nc3cc(F)ccc32)cc1. The predicted octanol–water partition coefficient (Wildman–Crippen LogP) is 5.77. The van der Waals surface area contributed by atoms with Gasteiger partial charge in [-0.25, -0.2) is 4.39 Å². The normalized spacial score (nSPS) is 16.4. The third-order valence-electron chi connectivity index (χ3n) is 6.29. The standard InChI is InChI=1S/C28H26FN3O3/c1-3-32(4-2)17-18-5-9-21(10-6-18)30-27(19-7-12-24-25(15-19)35-14-13-34-24)26-22-11-8-20(29)16-23(22)31-28(26)33/h5-16,26H,3-4,17H2,1-2H3,(H,31,33). The average Bonchev–Trinajstić information content (AvgIpc) is 3.20. The van der Waals surface area contributed by atoms with Crippen molar-refractivity contribution in [1.82, 2.24) is 4.90 Å². The van der Waals surface area contributed by atoms with Gasteiger partial charge in [0, 0.05) is 17.8 Å². The lowest BCUT2D eigenvalue weighted by atomic mass is 9.90. The van der Waals surface area contributed by atoms with Gasteiger partial charge >= 0.3 is 0 Å². The van der Waals surface area contributed by atoms with Crippen LogP contribution in [0.5, 0.6) is 11.5 Å². The summed E-state index contributed by atoms with van der Waals surface area (Å²) in [6.45, 7) is 7.12. The molecule has 35 heavy (non-hydrogen) atoms. The fourth-order valence-electron chi connectivity index (χ4n) is 4.38. The first-order chi connectivity index (χ1) is 17.1. The molecule has 0 fully saturated rings. The first kappa shape index (κ1) is 22.8. The fourth-order valence-corrected chi connectivity index (χ4v) is 4.38. The molecule has 1 atom stereocenters. The summed E-state index contributed by atoms with van der Waals surface area (Å²) in [6.07, 6.45) is 2.92. The van der Waals surface area contributed by atoms with Crippen molar-refractivity contribution in [2.45, 2.75) is 26.3 Å². The molecule has 3 aromatic carbocycles. The van der Waals surface area contributed by atoms with E-state index in [1.165, 1.54) is 30.2 Å². The monoisotopic (exact) mass is 471 g/mol. The first-order valence-corrected chi connectivity index (χ1v) is 11.7. The van der Waals surface area contributed by atoms with Crippen LogP contribution < -0.4 is 14.8 Å². The number of rotatable bonds is 7. The van der Waals surface area contributed by atoms with Crippen LogP contribution in [0, 0.1) is 5.82 Å². The van der Waals surface area contributed by atoms with Crippen molar-refractivity contribution in [2.75, 3.05) is 18.4 Å². The molecule has 2 aliphatic heterocycles. The van der Waals surface area contributed by atoms with Gasteiger partial charge in [0.25, 0.3) is 0 Å². The summed E-state index contributed by atoms with van der Waals surface area (Å²) in [5.74, 6) is -0.242. The zero-order valence-corrected chi connectivity index (χ0v) is 19.6. The molecule has 5 rings (SSSR count). The van der Waals surface area contributed by atoms with Gasteiger partial charge in [0.15, 0.2) is 11.5 Å². The van der Waals surface area contributed by atoms with Crippen LogP contribution >= 0.6 is 0 Å². The Morgan fingerprint density at radius 2 is 1.71 bits per heavy atom. The predicted molar refractivity (Wildman–Crippen MR) is 134 cm³/mol. The van der Waals surface area contributed by atoms with Gasteiger partial charge in [-0.3, -0.25) is 14.7 Å². The number of aliphatic imine (C=N–C) groups is 1. The van der Waals surface area contributed by atoms with Gasteiger partial charge in [-0.15, -0.1) is 0 Å². The Kier molecular flexibility index (Phi) is 6.33. The number of amides is 1. The minimum Gasteiger partial charge on any atom is -0.458 e. The van der Waals surface area contributed by atoms with Crippen molar-refractivity contribution in [3.63, 3.8) is 0 Å². The molecule has 2 aliphatic rings. The minimum atomic E-state index is -0.695. The van der Waals surface area contributed by atoms with Crippen LogP contribution in [0.3, 0.4) is 0 Å². The summed E-state index contributed by atoms with van der Waals surface area (Å²) in [4.78, 5) is 20.4. The second-order valence-electron chi connectivity index (χ2n) is 8.45. The second-order valence-corrected chi connectivity index (χ2v) is 8.45. The zero-order valence-electron chi connectivity index (χ0n) is 19.6. The zero-order chi connectivity index (χ0) is 24.4. The van der Waals surface area contributed by atoms with E-state index in [0.29, 0.717) is 34.0 Å². The first-order valence-electron chi connectivity index (χ1n) is 11.7. The molecule has 0 bridgehead atoms. The number of hydrogen-bond acceptors (Lipinski definition) is 5. The van der Waals surface area contributed by atoms with Crippen LogP contribution in [0.15, 0.2) is 78.2 Å². The number of nitrogens with zero attached hydrogens (tertiary/aromatic N) is 2. The maximum Gasteiger partial charge on any atom is 0.238 e. The quantitative estimate of drug-likeness (QED) is 0.445. The largest absolute Gasteiger partial charge is 0.458 e. The van der Waals surface area contributed by atoms with E-state index in [9.17, 15) is 9.18 Å². The Labute approximate surface area is 203 Å². The van der Waals surface area contributed by atoms with Crippen molar-refractivity contribution in [3.8, 4) is 11.5 Å². The highest BCUT2D eigenvalue weighted by Crippen LogP contribution is 2.39. The summed E-state index contributed by atoms with van der Waals surface area (Å²) in [7, 11) is 0. The summed E-state index contributed by atoms with van der Waals surface area (Å²) in [5, 5.41) is 2.80. The number of halogens is 1. The number of benzene rings is 3. The maximum absolute atomic E-state index is 13.8. The van der Waals surface area contributed by atoms with E-state index in [4.69, 9.17) is 14.5 Å². The molecule has 0 saturated heterocycles. The molecule has 7 heteroatoms. The number of anilines is 1. The molecule has 1 amide bonds. The van der Waals surface area contributed by atoms with Gasteiger partial charge in [-0.05, 0) is 66.7 Å². The van der Waals surface area contributed by atoms with Gasteiger partial charge in [-0.1, -0.05) is 32.0 Å². The molecule has 0 saturated carbocycles. The van der Waals surface area contributed by atoms with Crippen LogP contribution in [0.4, 0.5) is 15.8 Å². The molecule has 6 nitrogen and oxygen atoms in total. The van der Waals surface area contributed by atoms with Crippen molar-refractivity contribution in [3.05, 3.63) is 95.7 Å². The summed E-state index contributed by atoms with van der Waals surface area (Å²) in [5.41, 5.74) is 4.32. The van der Waals surface area contributed by atoms with E-state index >= 15 is 0 Å². The van der Waals surface area contributed by atoms with Crippen LogP contribution in [0.2, 0.25) is 0 Å². The molecule has 0 spiro atoms. The molecule has 3 aromatic rings. The summed E-state index contributed by atoms with van der Waals surface area (Å²) in [6, 6.07) is 17.8. The lowest BCUT2D eigenvalue weighted by molar-refractivity contribution is -0.115. The Hall–Kier alpha value is -3.97. The number of nitrogens with one attached hydrogen (secondary N) is 1. The Morgan fingerprint density at radius 1 is 0.971 bits per heavy atom. The van der Waals surface area contributed by atoms with Crippen LogP contribution in [-0.2, 0) is 11.3 Å². The highest BCUT2D eigenvalue weighted by Gasteiger charge is 2.36. The second kappa shape index (κ2) is 9.72. The number of hydrogen-bond donors (Lipinski definition) is 1. The van der Waals surface area contributed by atoms with Crippen LogP contribution in [-0.4, -0.2) is 29.6 Å². The molecular formula is C28H26FN3O3. The lowest BCUT2D eigenvalue weighted by Gasteiger charge is -2.18. The van der Waals surface area contributed by atoms with Crippen molar-refractivity contribution in [2.24, 2.45) is 4.99 Å². The Balaban J connectivity index is 1.56. The molecule has 0 aromatic heterocycles. The summed E-state index contributed by atoms with van der Waals surface area (Å²) >= 11 is 0. The maximum atomic E-state index is 13.8. The van der Waals surface area contributed by atoms with Gasteiger partial charge < -0.3 is 14.8 Å². The van der Waals surface area contributed by atoms with Crippen molar-refractivity contribution in [1.29, 1.82) is 0 Å². The topological polar surface area (TPSA) is 63.2 Å². The third-order valence-corrected chi connectivity index (χ3v) is 6.29. The van der Waals surface area contributed by atoms with E-state index in [0.717, 1.165) is 25.3 Å². The van der Waals surface area contributed by atoms with E-state index in [1.807, 2.05) is 18.2 Å². The number of carbonyl (C=O) groups is 1. The van der Waals surface area contributed by atoms with Crippen LogP contribution in [0.1, 0.15) is 36.5 Å². The molecule has 1 N–H and O–H groups in total. The smallest absolute Gasteiger partial charge is 0.238 e.